The predicted molar refractivity (Wildman–Crippen MR) is 98.2 cm³/mol. The molecule has 0 saturated carbocycles. The molecular weight excluding hydrogens is 353 g/mol. The molecule has 0 spiro atoms. The monoisotopic (exact) mass is 371 g/mol. The third kappa shape index (κ3) is 3.87. The number of methoxy groups -OCH3 is 3. The van der Waals surface area contributed by atoms with Crippen molar-refractivity contribution in [2.75, 3.05) is 26.6 Å². The van der Waals surface area contributed by atoms with Crippen LogP contribution in [0.2, 0.25) is 0 Å². The number of benzene rings is 2. The van der Waals surface area contributed by atoms with Gasteiger partial charge in [0.2, 0.25) is 5.75 Å². The van der Waals surface area contributed by atoms with Gasteiger partial charge in [0.1, 0.15) is 11.6 Å². The highest BCUT2D eigenvalue weighted by Gasteiger charge is 2.17. The molecule has 2 aromatic carbocycles. The summed E-state index contributed by atoms with van der Waals surface area (Å²) in [7, 11) is 4.48. The molecule has 0 bridgehead atoms. The first-order valence-electron chi connectivity index (χ1n) is 8.03. The number of hydrogen-bond donors (Lipinski definition) is 1. The van der Waals surface area contributed by atoms with E-state index in [-0.39, 0.29) is 11.6 Å². The molecule has 27 heavy (non-hydrogen) atoms. The number of ether oxygens (including phenoxy) is 3. The zero-order chi connectivity index (χ0) is 19.4. The van der Waals surface area contributed by atoms with Crippen LogP contribution >= 0.6 is 0 Å². The van der Waals surface area contributed by atoms with Gasteiger partial charge in [-0.15, -0.1) is 0 Å². The second-order valence-electron chi connectivity index (χ2n) is 5.54. The van der Waals surface area contributed by atoms with Gasteiger partial charge in [0.25, 0.3) is 5.91 Å². The molecule has 1 aromatic heterocycles. The van der Waals surface area contributed by atoms with E-state index in [1.54, 1.807) is 36.4 Å². The third-order valence-electron chi connectivity index (χ3n) is 3.88. The topological polar surface area (TPSA) is 69.9 Å². The van der Waals surface area contributed by atoms with E-state index in [1.165, 1.54) is 33.5 Å². The number of furan rings is 1. The maximum Gasteiger partial charge on any atom is 0.291 e. The second kappa shape index (κ2) is 7.82. The first kappa shape index (κ1) is 18.3. The molecule has 0 atom stereocenters. The zero-order valence-corrected chi connectivity index (χ0v) is 15.0. The summed E-state index contributed by atoms with van der Waals surface area (Å²) in [4.78, 5) is 12.5. The minimum Gasteiger partial charge on any atom is -0.493 e. The van der Waals surface area contributed by atoms with Gasteiger partial charge in [-0.25, -0.2) is 4.39 Å². The van der Waals surface area contributed by atoms with Crippen LogP contribution in [0.15, 0.2) is 52.9 Å². The average molecular weight is 371 g/mol. The molecule has 0 aliphatic heterocycles. The van der Waals surface area contributed by atoms with Crippen molar-refractivity contribution in [3.8, 4) is 28.6 Å². The van der Waals surface area contributed by atoms with E-state index >= 15 is 0 Å². The number of halogens is 1. The van der Waals surface area contributed by atoms with Crippen LogP contribution in [0, 0.1) is 5.82 Å². The number of anilines is 1. The summed E-state index contributed by atoms with van der Waals surface area (Å²) in [6.45, 7) is 0. The fourth-order valence-electron chi connectivity index (χ4n) is 2.58. The Balaban J connectivity index is 1.82. The summed E-state index contributed by atoms with van der Waals surface area (Å²) in [6, 6.07) is 12.2. The van der Waals surface area contributed by atoms with Gasteiger partial charge in [-0.2, -0.15) is 0 Å². The van der Waals surface area contributed by atoms with E-state index in [1.807, 2.05) is 0 Å². The standard InChI is InChI=1S/C20H18FNO5/c1-24-17-10-14(11-18(25-2)19(17)26-3)22-20(23)16-9-8-15(27-16)12-4-6-13(21)7-5-12/h4-11H,1-3H3,(H,22,23). The molecule has 0 aliphatic rings. The highest BCUT2D eigenvalue weighted by molar-refractivity contribution is 6.03. The zero-order valence-electron chi connectivity index (χ0n) is 15.0. The maximum absolute atomic E-state index is 13.0. The first-order valence-corrected chi connectivity index (χ1v) is 8.03. The first-order chi connectivity index (χ1) is 13.0. The molecule has 0 radical (unpaired) electrons. The van der Waals surface area contributed by atoms with E-state index < -0.39 is 5.91 Å². The van der Waals surface area contributed by atoms with Crippen LogP contribution < -0.4 is 19.5 Å². The van der Waals surface area contributed by atoms with Crippen molar-refractivity contribution < 1.29 is 27.8 Å². The number of nitrogens with one attached hydrogen (secondary N) is 1. The van der Waals surface area contributed by atoms with Gasteiger partial charge in [0.05, 0.1) is 21.3 Å². The van der Waals surface area contributed by atoms with Crippen molar-refractivity contribution in [1.29, 1.82) is 0 Å². The van der Waals surface area contributed by atoms with Crippen LogP contribution in [0.4, 0.5) is 10.1 Å². The Bertz CT molecular complexity index is 924. The molecule has 1 N–H and O–H groups in total. The fourth-order valence-corrected chi connectivity index (χ4v) is 2.58. The molecule has 0 fully saturated rings. The van der Waals surface area contributed by atoms with Crippen molar-refractivity contribution in [2.45, 2.75) is 0 Å². The van der Waals surface area contributed by atoms with Gasteiger partial charge in [-0.05, 0) is 36.4 Å². The minimum atomic E-state index is -0.447. The van der Waals surface area contributed by atoms with Crippen molar-refractivity contribution >= 4 is 11.6 Å². The minimum absolute atomic E-state index is 0.114. The lowest BCUT2D eigenvalue weighted by molar-refractivity contribution is 0.0997. The highest BCUT2D eigenvalue weighted by atomic mass is 19.1. The Morgan fingerprint density at radius 2 is 1.56 bits per heavy atom. The Morgan fingerprint density at radius 1 is 0.926 bits per heavy atom. The Kier molecular flexibility index (Phi) is 5.30. The lowest BCUT2D eigenvalue weighted by Gasteiger charge is -2.14. The van der Waals surface area contributed by atoms with E-state index in [2.05, 4.69) is 5.32 Å². The largest absolute Gasteiger partial charge is 0.493 e. The smallest absolute Gasteiger partial charge is 0.291 e. The van der Waals surface area contributed by atoms with Crippen LogP contribution in [0.1, 0.15) is 10.6 Å². The fraction of sp³-hybridized carbons (Fsp3) is 0.150. The van der Waals surface area contributed by atoms with Crippen LogP contribution in [-0.4, -0.2) is 27.2 Å². The second-order valence-corrected chi connectivity index (χ2v) is 5.54. The summed E-state index contributed by atoms with van der Waals surface area (Å²) >= 11 is 0. The van der Waals surface area contributed by atoms with Crippen molar-refractivity contribution in [1.82, 2.24) is 0 Å². The van der Waals surface area contributed by atoms with Crippen molar-refractivity contribution in [2.24, 2.45) is 0 Å². The molecule has 1 heterocycles. The molecule has 0 aliphatic carbocycles. The van der Waals surface area contributed by atoms with Gasteiger partial charge in [0, 0.05) is 23.4 Å². The lowest BCUT2D eigenvalue weighted by Crippen LogP contribution is -2.11. The summed E-state index contributed by atoms with van der Waals surface area (Å²) in [5, 5.41) is 2.72. The Hall–Kier alpha value is -3.48. The van der Waals surface area contributed by atoms with Gasteiger partial charge in [-0.3, -0.25) is 4.79 Å². The Morgan fingerprint density at radius 3 is 2.11 bits per heavy atom. The molecular formula is C20H18FNO5. The van der Waals surface area contributed by atoms with Gasteiger partial charge in [-0.1, -0.05) is 0 Å². The van der Waals surface area contributed by atoms with Crippen LogP contribution in [-0.2, 0) is 0 Å². The molecule has 6 nitrogen and oxygen atoms in total. The quantitative estimate of drug-likeness (QED) is 0.697. The normalized spacial score (nSPS) is 10.4. The number of hydrogen-bond acceptors (Lipinski definition) is 5. The van der Waals surface area contributed by atoms with Crippen molar-refractivity contribution in [3.05, 3.63) is 60.1 Å². The van der Waals surface area contributed by atoms with Crippen molar-refractivity contribution in [3.63, 3.8) is 0 Å². The number of carbonyl (C=O) groups is 1. The molecule has 0 saturated heterocycles. The molecule has 3 aromatic rings. The summed E-state index contributed by atoms with van der Waals surface area (Å²) < 4.78 is 34.4. The summed E-state index contributed by atoms with van der Waals surface area (Å²) in [5.41, 5.74) is 1.12. The summed E-state index contributed by atoms with van der Waals surface area (Å²) in [6.07, 6.45) is 0. The van der Waals surface area contributed by atoms with Gasteiger partial charge in [0.15, 0.2) is 17.3 Å². The molecule has 1 amide bonds. The van der Waals surface area contributed by atoms with E-state index in [0.717, 1.165) is 0 Å². The average Bonchev–Trinajstić information content (AvgIpc) is 3.18. The van der Waals surface area contributed by atoms with Crippen LogP contribution in [0.5, 0.6) is 17.2 Å². The maximum atomic E-state index is 13.0. The third-order valence-corrected chi connectivity index (χ3v) is 3.88. The molecule has 7 heteroatoms. The summed E-state index contributed by atoms with van der Waals surface area (Å²) in [5.74, 6) is 1.04. The molecule has 140 valence electrons. The number of carbonyl (C=O) groups excluding carboxylic acids is 1. The highest BCUT2D eigenvalue weighted by Crippen LogP contribution is 2.40. The molecule has 3 rings (SSSR count). The van der Waals surface area contributed by atoms with Crippen LogP contribution in [0.3, 0.4) is 0 Å². The SMILES string of the molecule is COc1cc(NC(=O)c2ccc(-c3ccc(F)cc3)o2)cc(OC)c1OC. The van der Waals surface area contributed by atoms with E-state index in [4.69, 9.17) is 18.6 Å². The van der Waals surface area contributed by atoms with Gasteiger partial charge < -0.3 is 23.9 Å². The van der Waals surface area contributed by atoms with E-state index in [0.29, 0.717) is 34.3 Å². The predicted octanol–water partition coefficient (Wildman–Crippen LogP) is 4.36. The number of amides is 1. The number of rotatable bonds is 6. The van der Waals surface area contributed by atoms with E-state index in [9.17, 15) is 9.18 Å². The lowest BCUT2D eigenvalue weighted by atomic mass is 10.2. The molecule has 0 unspecified atom stereocenters. The van der Waals surface area contributed by atoms with Crippen LogP contribution in [0.25, 0.3) is 11.3 Å². The Labute approximate surface area is 155 Å². The van der Waals surface area contributed by atoms with Gasteiger partial charge >= 0.3 is 0 Å².